The average Bonchev–Trinajstić information content (AvgIpc) is 3.34. The molecule has 2 aromatic heterocycles. The van der Waals surface area contributed by atoms with Crippen LogP contribution in [0.15, 0.2) is 59.4 Å². The van der Waals surface area contributed by atoms with E-state index in [1.807, 2.05) is 36.4 Å². The van der Waals surface area contributed by atoms with Crippen LogP contribution in [0.4, 0.5) is 5.69 Å². The van der Waals surface area contributed by atoms with E-state index in [0.717, 1.165) is 35.0 Å². The monoisotopic (exact) mass is 373 g/mol. The Balaban J connectivity index is 1.57. The van der Waals surface area contributed by atoms with E-state index in [1.54, 1.807) is 10.6 Å². The Morgan fingerprint density at radius 2 is 1.96 bits per heavy atom. The topological polar surface area (TPSA) is 57.2 Å². The van der Waals surface area contributed by atoms with Gasteiger partial charge in [0.15, 0.2) is 0 Å². The molecular weight excluding hydrogens is 350 g/mol. The summed E-state index contributed by atoms with van der Waals surface area (Å²) in [5, 5.41) is 1.01. The number of likely N-dealkylation sites (N-methyl/N-ethyl adjacent to an activating group) is 1. The first-order valence-corrected chi connectivity index (χ1v) is 9.62. The zero-order valence-electron chi connectivity index (χ0n) is 16.1. The first kappa shape index (κ1) is 17.0. The number of H-pyrrole nitrogens is 1. The largest absolute Gasteiger partial charge is 0.370 e. The van der Waals surface area contributed by atoms with Crippen molar-refractivity contribution in [2.45, 2.75) is 12.5 Å². The lowest BCUT2D eigenvalue weighted by Crippen LogP contribution is -2.31. The van der Waals surface area contributed by atoms with Gasteiger partial charge in [0.2, 0.25) is 5.95 Å². The number of para-hydroxylation sites is 1. The molecule has 1 saturated heterocycles. The number of aromatic amines is 1. The molecule has 0 unspecified atom stereocenters. The number of hydrogen-bond acceptors (Lipinski definition) is 4. The second-order valence-electron chi connectivity index (χ2n) is 7.68. The predicted molar refractivity (Wildman–Crippen MR) is 114 cm³/mol. The fourth-order valence-electron chi connectivity index (χ4n) is 4.09. The van der Waals surface area contributed by atoms with Crippen molar-refractivity contribution in [3.05, 3.63) is 65.0 Å². The van der Waals surface area contributed by atoms with Crippen LogP contribution < -0.4 is 10.5 Å². The molecule has 4 aromatic rings. The van der Waals surface area contributed by atoms with Crippen LogP contribution in [0.3, 0.4) is 0 Å². The summed E-state index contributed by atoms with van der Waals surface area (Å²) in [6.45, 7) is 2.08. The van der Waals surface area contributed by atoms with Gasteiger partial charge >= 0.3 is 0 Å². The van der Waals surface area contributed by atoms with Crippen molar-refractivity contribution >= 4 is 27.6 Å². The number of hydrogen-bond donors (Lipinski definition) is 1. The van der Waals surface area contributed by atoms with E-state index in [4.69, 9.17) is 0 Å². The van der Waals surface area contributed by atoms with E-state index >= 15 is 0 Å². The normalized spacial score (nSPS) is 17.2. The van der Waals surface area contributed by atoms with E-state index in [0.29, 0.717) is 12.0 Å². The van der Waals surface area contributed by atoms with E-state index in [9.17, 15) is 4.79 Å². The summed E-state index contributed by atoms with van der Waals surface area (Å²) in [6, 6.07) is 18.2. The molecule has 0 bridgehead atoms. The van der Waals surface area contributed by atoms with Crippen molar-refractivity contribution < 1.29 is 0 Å². The predicted octanol–water partition coefficient (Wildman–Crippen LogP) is 3.01. The van der Waals surface area contributed by atoms with Gasteiger partial charge in [-0.25, -0.2) is 9.55 Å². The van der Waals surface area contributed by atoms with Gasteiger partial charge in [0, 0.05) is 30.9 Å². The summed E-state index contributed by atoms with van der Waals surface area (Å²) in [4.78, 5) is 25.3. The Morgan fingerprint density at radius 3 is 2.79 bits per heavy atom. The Hall–Kier alpha value is -3.12. The summed E-state index contributed by atoms with van der Waals surface area (Å²) >= 11 is 0. The van der Waals surface area contributed by atoms with Crippen molar-refractivity contribution in [3.63, 3.8) is 0 Å². The number of aromatic nitrogens is 3. The number of fused-ring (bicyclic) bond motifs is 2. The van der Waals surface area contributed by atoms with E-state index in [2.05, 4.69) is 46.0 Å². The van der Waals surface area contributed by atoms with Gasteiger partial charge in [-0.2, -0.15) is 0 Å². The van der Waals surface area contributed by atoms with Gasteiger partial charge in [-0.05, 0) is 56.2 Å². The molecule has 6 nitrogen and oxygen atoms in total. The molecular formula is C22H23N5O. The number of nitrogens with one attached hydrogen (secondary N) is 1. The van der Waals surface area contributed by atoms with E-state index in [1.165, 1.54) is 12.1 Å². The maximum atomic E-state index is 12.6. The van der Waals surface area contributed by atoms with Crippen LogP contribution in [0.2, 0.25) is 0 Å². The Kier molecular flexibility index (Phi) is 3.94. The minimum Gasteiger partial charge on any atom is -0.370 e. The molecule has 1 N–H and O–H groups in total. The zero-order chi connectivity index (χ0) is 19.3. The second kappa shape index (κ2) is 6.49. The fourth-order valence-corrected chi connectivity index (χ4v) is 4.09. The third-order valence-corrected chi connectivity index (χ3v) is 5.73. The number of pyridine rings is 1. The fraction of sp³-hybridized carbons (Fsp3) is 0.273. The maximum absolute atomic E-state index is 12.6. The summed E-state index contributed by atoms with van der Waals surface area (Å²) in [5.74, 6) is 0.557. The summed E-state index contributed by atoms with van der Waals surface area (Å²) in [5.41, 5.74) is 3.76. The smallest absolute Gasteiger partial charge is 0.257 e. The molecule has 1 aliphatic heterocycles. The number of nitrogens with zero attached hydrogens (tertiary/aromatic N) is 4. The minimum atomic E-state index is -0.0913. The molecule has 1 atom stereocenters. The molecule has 1 fully saturated rings. The molecule has 6 heteroatoms. The lowest BCUT2D eigenvalue weighted by molar-refractivity contribution is 0.315. The van der Waals surface area contributed by atoms with Gasteiger partial charge in [-0.15, -0.1) is 0 Å². The molecule has 2 aromatic carbocycles. The van der Waals surface area contributed by atoms with Crippen LogP contribution in [0.25, 0.3) is 27.9 Å². The van der Waals surface area contributed by atoms with Crippen molar-refractivity contribution in [1.29, 1.82) is 0 Å². The van der Waals surface area contributed by atoms with Gasteiger partial charge < -0.3 is 14.8 Å². The van der Waals surface area contributed by atoms with Crippen molar-refractivity contribution in [3.8, 4) is 5.95 Å². The van der Waals surface area contributed by atoms with Crippen LogP contribution in [0, 0.1) is 0 Å². The van der Waals surface area contributed by atoms with Gasteiger partial charge in [-0.3, -0.25) is 4.79 Å². The number of anilines is 1. The quantitative estimate of drug-likeness (QED) is 0.600. The molecule has 0 aliphatic carbocycles. The van der Waals surface area contributed by atoms with Crippen molar-refractivity contribution in [2.24, 2.45) is 0 Å². The van der Waals surface area contributed by atoms with E-state index < -0.39 is 0 Å². The standard InChI is InChI=1S/C22H23N5O/c1-25(2)17-11-12-26(14-17)16-8-9-18-19(13-16)24-22(23-18)27-20-6-4-3-5-15(20)7-10-21(27)28/h3-10,13,17H,11-12,14H2,1-2H3,(H,23,24)/t17-/m0/s1. The average molecular weight is 373 g/mol. The highest BCUT2D eigenvalue weighted by molar-refractivity contribution is 5.83. The lowest BCUT2D eigenvalue weighted by atomic mass is 10.2. The molecule has 142 valence electrons. The third-order valence-electron chi connectivity index (χ3n) is 5.73. The number of imidazole rings is 1. The van der Waals surface area contributed by atoms with Crippen LogP contribution in [-0.4, -0.2) is 52.7 Å². The highest BCUT2D eigenvalue weighted by Crippen LogP contribution is 2.26. The molecule has 0 radical (unpaired) electrons. The summed E-state index contributed by atoms with van der Waals surface area (Å²) < 4.78 is 1.65. The van der Waals surface area contributed by atoms with Gasteiger partial charge in [0.25, 0.3) is 5.56 Å². The molecule has 0 spiro atoms. The first-order chi connectivity index (χ1) is 13.6. The Bertz CT molecular complexity index is 1220. The van der Waals surface area contributed by atoms with Crippen molar-refractivity contribution in [1.82, 2.24) is 19.4 Å². The molecule has 0 saturated carbocycles. The van der Waals surface area contributed by atoms with Crippen LogP contribution >= 0.6 is 0 Å². The molecule has 1 aliphatic rings. The van der Waals surface area contributed by atoms with Gasteiger partial charge in [-0.1, -0.05) is 18.2 Å². The minimum absolute atomic E-state index is 0.0913. The summed E-state index contributed by atoms with van der Waals surface area (Å²) in [7, 11) is 4.28. The highest BCUT2D eigenvalue weighted by atomic mass is 16.1. The maximum Gasteiger partial charge on any atom is 0.257 e. The SMILES string of the molecule is CN(C)[C@H]1CCN(c2ccc3nc(-n4c(=O)ccc5ccccc54)[nH]c3c2)C1. The van der Waals surface area contributed by atoms with Crippen LogP contribution in [0.5, 0.6) is 0 Å². The van der Waals surface area contributed by atoms with Gasteiger partial charge in [0.1, 0.15) is 0 Å². The van der Waals surface area contributed by atoms with Crippen LogP contribution in [0.1, 0.15) is 6.42 Å². The Labute approximate surface area is 163 Å². The second-order valence-corrected chi connectivity index (χ2v) is 7.68. The van der Waals surface area contributed by atoms with Gasteiger partial charge in [0.05, 0.1) is 16.6 Å². The number of benzene rings is 2. The van der Waals surface area contributed by atoms with E-state index in [-0.39, 0.29) is 5.56 Å². The highest BCUT2D eigenvalue weighted by Gasteiger charge is 2.24. The number of rotatable bonds is 3. The Morgan fingerprint density at radius 1 is 1.11 bits per heavy atom. The third kappa shape index (κ3) is 2.77. The lowest BCUT2D eigenvalue weighted by Gasteiger charge is -2.21. The molecule has 5 rings (SSSR count). The zero-order valence-corrected chi connectivity index (χ0v) is 16.1. The van der Waals surface area contributed by atoms with Crippen molar-refractivity contribution in [2.75, 3.05) is 32.1 Å². The first-order valence-electron chi connectivity index (χ1n) is 9.62. The van der Waals surface area contributed by atoms with Crippen LogP contribution in [-0.2, 0) is 0 Å². The molecule has 0 amide bonds. The molecule has 3 heterocycles. The summed E-state index contributed by atoms with van der Waals surface area (Å²) in [6.07, 6.45) is 1.17. The molecule has 28 heavy (non-hydrogen) atoms.